The highest BCUT2D eigenvalue weighted by Gasteiger charge is 2.54. The van der Waals surface area contributed by atoms with Crippen LogP contribution in [0.2, 0.25) is 39.3 Å². The van der Waals surface area contributed by atoms with Crippen molar-refractivity contribution in [3.8, 4) is 0 Å². The Morgan fingerprint density at radius 3 is 2.55 bits per heavy atom. The number of hydrogen-bond donors (Lipinski definition) is 1. The number of fused-ring (bicyclic) bond motifs is 1. The first kappa shape index (κ1) is 22.5. The van der Waals surface area contributed by atoms with Crippen molar-refractivity contribution in [1.29, 1.82) is 0 Å². The molecular weight excluding hydrogens is 445 g/mol. The Bertz CT molecular complexity index is 848. The molecule has 0 radical (unpaired) electrons. The number of carbonyl (C=O) groups is 2. The van der Waals surface area contributed by atoms with E-state index in [0.29, 0.717) is 22.4 Å². The second-order valence-electron chi connectivity index (χ2n) is 9.11. The lowest BCUT2D eigenvalue weighted by Crippen LogP contribution is -2.73. The molecule has 1 N–H and O–H groups in total. The molecule has 1 fully saturated rings. The van der Waals surface area contributed by atoms with E-state index in [0.717, 1.165) is 5.57 Å². The predicted octanol–water partition coefficient (Wildman–Crippen LogP) is 1.64. The second-order valence-corrected chi connectivity index (χ2v) is 20.4. The van der Waals surface area contributed by atoms with Crippen LogP contribution < -0.4 is 4.98 Å². The molecule has 3 heterocycles. The molecule has 2 aliphatic rings. The van der Waals surface area contributed by atoms with Crippen molar-refractivity contribution in [2.75, 3.05) is 11.5 Å². The Labute approximate surface area is 181 Å². The molecule has 3 rings (SSSR count). The average Bonchev–Trinajstić information content (AvgIpc) is 2.99. The van der Waals surface area contributed by atoms with Gasteiger partial charge in [-0.15, -0.1) is 16.9 Å². The third kappa shape index (κ3) is 5.13. The van der Waals surface area contributed by atoms with E-state index in [9.17, 15) is 9.59 Å². The first-order valence-corrected chi connectivity index (χ1v) is 18.3. The third-order valence-electron chi connectivity index (χ3n) is 4.18. The van der Waals surface area contributed by atoms with Crippen LogP contribution in [0.4, 0.5) is 0 Å². The number of β-lactam (4-membered cyclic amide) rings is 1. The van der Waals surface area contributed by atoms with Gasteiger partial charge in [0.1, 0.15) is 25.3 Å². The number of hydrogen-bond acceptors (Lipinski definition) is 9. The van der Waals surface area contributed by atoms with E-state index in [4.69, 9.17) is 4.43 Å². The molecule has 1 unspecified atom stereocenters. The minimum Gasteiger partial charge on any atom is -0.515 e. The molecule has 2 aliphatic heterocycles. The second kappa shape index (κ2) is 8.17. The Morgan fingerprint density at radius 1 is 1.31 bits per heavy atom. The molecule has 29 heavy (non-hydrogen) atoms. The van der Waals surface area contributed by atoms with Crippen LogP contribution in [-0.4, -0.2) is 76.5 Å². The molecule has 1 aromatic heterocycles. The molecule has 0 spiro atoms. The molecule has 1 amide bonds. The number of amides is 1. The fraction of sp³-hybridized carbons (Fsp3) is 0.688. The van der Waals surface area contributed by atoms with Crippen molar-refractivity contribution in [2.24, 2.45) is 7.05 Å². The van der Waals surface area contributed by atoms with Crippen LogP contribution in [0.15, 0.2) is 16.4 Å². The van der Waals surface area contributed by atoms with E-state index < -0.39 is 16.6 Å². The summed E-state index contributed by atoms with van der Waals surface area (Å²) in [5, 5.41) is 12.1. The quantitative estimate of drug-likeness (QED) is 0.360. The van der Waals surface area contributed by atoms with Crippen molar-refractivity contribution < 1.29 is 14.0 Å². The van der Waals surface area contributed by atoms with Crippen LogP contribution in [-0.2, 0) is 21.1 Å². The van der Waals surface area contributed by atoms with Gasteiger partial charge in [-0.25, -0.2) is 9.48 Å². The van der Waals surface area contributed by atoms with Crippen LogP contribution in [0.25, 0.3) is 0 Å². The van der Waals surface area contributed by atoms with Gasteiger partial charge in [-0.3, -0.25) is 9.69 Å². The van der Waals surface area contributed by atoms with Gasteiger partial charge < -0.3 is 9.41 Å². The molecule has 1 aromatic rings. The number of rotatable bonds is 7. The molecule has 1 saturated heterocycles. The number of thioether (sulfide) groups is 2. The Morgan fingerprint density at radius 2 is 2.00 bits per heavy atom. The fourth-order valence-corrected chi connectivity index (χ4v) is 7.39. The van der Waals surface area contributed by atoms with Crippen molar-refractivity contribution in [3.05, 3.63) is 11.3 Å². The van der Waals surface area contributed by atoms with E-state index in [2.05, 4.69) is 40.1 Å². The Kier molecular flexibility index (Phi) is 6.35. The SMILES string of the molecule is Cn1nnnc1SCC1=C(C(=O)O[Si](C)(C)C)N2C(=O)C(N[Si](C)(C)C)[C@H]2SC1. The highest BCUT2D eigenvalue weighted by atomic mass is 32.2. The third-order valence-corrected chi connectivity index (χ3v) is 8.60. The first-order chi connectivity index (χ1) is 13.4. The van der Waals surface area contributed by atoms with Gasteiger partial charge in [-0.05, 0) is 35.6 Å². The Balaban J connectivity index is 1.86. The van der Waals surface area contributed by atoms with Crippen LogP contribution in [0.1, 0.15) is 0 Å². The van der Waals surface area contributed by atoms with Crippen LogP contribution >= 0.6 is 23.5 Å². The molecule has 0 aromatic carbocycles. The maximum atomic E-state index is 13.1. The average molecular weight is 473 g/mol. The van der Waals surface area contributed by atoms with Gasteiger partial charge >= 0.3 is 5.97 Å². The van der Waals surface area contributed by atoms with Gasteiger partial charge in [0.2, 0.25) is 19.4 Å². The monoisotopic (exact) mass is 472 g/mol. The smallest absolute Gasteiger partial charge is 0.341 e. The van der Waals surface area contributed by atoms with Crippen LogP contribution in [0, 0.1) is 0 Å². The maximum Gasteiger partial charge on any atom is 0.341 e. The van der Waals surface area contributed by atoms with Crippen molar-refractivity contribution in [1.82, 2.24) is 30.1 Å². The number of aryl methyl sites for hydroxylation is 1. The zero-order valence-electron chi connectivity index (χ0n) is 17.8. The maximum absolute atomic E-state index is 13.1. The fourth-order valence-electron chi connectivity index (χ4n) is 3.07. The zero-order valence-corrected chi connectivity index (χ0v) is 21.5. The summed E-state index contributed by atoms with van der Waals surface area (Å²) in [5.74, 6) is 0.767. The summed E-state index contributed by atoms with van der Waals surface area (Å²) in [7, 11) is -1.97. The van der Waals surface area contributed by atoms with Gasteiger partial charge in [-0.1, -0.05) is 31.4 Å². The standard InChI is InChI=1S/C16H28N6O3S2Si2/c1-21-16(17-19-20-21)27-9-10-8-26-14-11(18-28(2,3)4)13(23)22(14)12(10)15(24)25-29(5,6)7/h11,14,18H,8-9H2,1-7H3/t11?,14-/m1/s1. The molecular formula is C16H28N6O3S2Si2. The number of carbonyl (C=O) groups excluding carboxylic acids is 2. The summed E-state index contributed by atoms with van der Waals surface area (Å²) in [6.45, 7) is 12.4. The van der Waals surface area contributed by atoms with Crippen LogP contribution in [0.5, 0.6) is 0 Å². The van der Waals surface area contributed by atoms with E-state index in [1.165, 1.54) is 11.8 Å². The highest BCUT2D eigenvalue weighted by Crippen LogP contribution is 2.42. The molecule has 0 saturated carbocycles. The first-order valence-electron chi connectivity index (χ1n) is 9.40. The van der Waals surface area contributed by atoms with Gasteiger partial charge in [0, 0.05) is 18.6 Å². The van der Waals surface area contributed by atoms with E-state index in [-0.39, 0.29) is 23.3 Å². The zero-order chi connectivity index (χ0) is 21.6. The number of nitrogens with one attached hydrogen (secondary N) is 1. The molecule has 0 bridgehead atoms. The van der Waals surface area contributed by atoms with Gasteiger partial charge in [0.25, 0.3) is 0 Å². The summed E-state index contributed by atoms with van der Waals surface area (Å²) in [6.07, 6.45) is 0. The molecule has 160 valence electrons. The Hall–Kier alpha value is -1.16. The molecule has 2 atom stereocenters. The molecule has 9 nitrogen and oxygen atoms in total. The number of aromatic nitrogens is 4. The van der Waals surface area contributed by atoms with E-state index in [1.54, 1.807) is 28.4 Å². The summed E-state index contributed by atoms with van der Waals surface area (Å²) < 4.78 is 7.37. The normalized spacial score (nSPS) is 22.4. The van der Waals surface area contributed by atoms with Crippen molar-refractivity contribution >= 4 is 52.0 Å². The minimum absolute atomic E-state index is 0.0463. The van der Waals surface area contributed by atoms with Gasteiger partial charge in [0.05, 0.1) is 0 Å². The molecule has 0 aliphatic carbocycles. The van der Waals surface area contributed by atoms with Crippen molar-refractivity contribution in [2.45, 2.75) is 55.9 Å². The molecule has 13 heteroatoms. The number of tetrazole rings is 1. The largest absolute Gasteiger partial charge is 0.515 e. The summed E-state index contributed by atoms with van der Waals surface area (Å²) in [5.41, 5.74) is 1.31. The van der Waals surface area contributed by atoms with Gasteiger partial charge in [-0.2, -0.15) is 0 Å². The van der Waals surface area contributed by atoms with Gasteiger partial charge in [0.15, 0.2) is 0 Å². The summed E-state index contributed by atoms with van der Waals surface area (Å²) in [6, 6.07) is -0.238. The van der Waals surface area contributed by atoms with Crippen molar-refractivity contribution in [3.63, 3.8) is 0 Å². The lowest BCUT2D eigenvalue weighted by Gasteiger charge is -2.51. The van der Waals surface area contributed by atoms with E-state index >= 15 is 0 Å². The lowest BCUT2D eigenvalue weighted by molar-refractivity contribution is -0.147. The van der Waals surface area contributed by atoms with Crippen LogP contribution in [0.3, 0.4) is 0 Å². The minimum atomic E-state index is -2.10. The number of nitrogens with zero attached hydrogens (tertiary/aromatic N) is 5. The van der Waals surface area contributed by atoms with E-state index in [1.807, 2.05) is 19.6 Å². The highest BCUT2D eigenvalue weighted by molar-refractivity contribution is 8.01. The predicted molar refractivity (Wildman–Crippen MR) is 119 cm³/mol. The summed E-state index contributed by atoms with van der Waals surface area (Å²) >= 11 is 3.14. The lowest BCUT2D eigenvalue weighted by atomic mass is 10.0. The summed E-state index contributed by atoms with van der Waals surface area (Å²) in [4.78, 5) is 31.2. The topological polar surface area (TPSA) is 102 Å².